The Hall–Kier alpha value is -2.35. The Labute approximate surface area is 156 Å². The van der Waals surface area contributed by atoms with E-state index in [1.165, 1.54) is 29.5 Å². The number of rotatable bonds is 3. The lowest BCUT2D eigenvalue weighted by molar-refractivity contribution is 0.0697. The minimum atomic E-state index is -0.906. The number of carboxylic acids is 1. The normalized spacial score (nSPS) is 17.4. The first-order chi connectivity index (χ1) is 12.0. The smallest absolute Gasteiger partial charge is 0.335 e. The van der Waals surface area contributed by atoms with Crippen LogP contribution in [0.4, 0.5) is 0 Å². The van der Waals surface area contributed by atoms with Crippen LogP contribution in [-0.4, -0.2) is 11.1 Å². The number of aromatic carboxylic acids is 1. The Bertz CT molecular complexity index is 883. The highest BCUT2D eigenvalue weighted by Gasteiger charge is 2.37. The fourth-order valence-corrected chi connectivity index (χ4v) is 4.02. The highest BCUT2D eigenvalue weighted by atomic mass is 16.4. The Morgan fingerprint density at radius 3 is 1.88 bits per heavy atom. The van der Waals surface area contributed by atoms with E-state index in [1.54, 1.807) is 12.1 Å². The van der Waals surface area contributed by atoms with Crippen molar-refractivity contribution >= 4 is 11.5 Å². The molecule has 0 heterocycles. The summed E-state index contributed by atoms with van der Waals surface area (Å²) in [5.41, 5.74) is 7.79. The lowest BCUT2D eigenvalue weighted by atomic mass is 9.62. The molecule has 1 aliphatic rings. The van der Waals surface area contributed by atoms with Crippen LogP contribution in [0.15, 0.2) is 43.0 Å². The van der Waals surface area contributed by atoms with Crippen LogP contribution in [0.5, 0.6) is 0 Å². The van der Waals surface area contributed by atoms with Gasteiger partial charge >= 0.3 is 5.97 Å². The van der Waals surface area contributed by atoms with E-state index in [0.717, 1.165) is 16.7 Å². The largest absolute Gasteiger partial charge is 0.478 e. The van der Waals surface area contributed by atoms with Gasteiger partial charge in [0.05, 0.1) is 5.56 Å². The first kappa shape index (κ1) is 18.4. The summed E-state index contributed by atoms with van der Waals surface area (Å²) in [6.45, 7) is 15.8. The van der Waals surface area contributed by atoms with Crippen LogP contribution in [0, 0.1) is 6.92 Å². The second-order valence-corrected chi connectivity index (χ2v) is 8.84. The molecule has 136 valence electrons. The first-order valence-electron chi connectivity index (χ1n) is 9.21. The van der Waals surface area contributed by atoms with Crippen LogP contribution in [0.1, 0.15) is 78.7 Å². The topological polar surface area (TPSA) is 37.3 Å². The van der Waals surface area contributed by atoms with E-state index in [2.05, 4.69) is 53.3 Å². The Balaban J connectivity index is 2.09. The summed E-state index contributed by atoms with van der Waals surface area (Å²) in [4.78, 5) is 11.1. The third-order valence-electron chi connectivity index (χ3n) is 6.00. The van der Waals surface area contributed by atoms with Gasteiger partial charge in [0.1, 0.15) is 0 Å². The molecule has 26 heavy (non-hydrogen) atoms. The average Bonchev–Trinajstić information content (AvgIpc) is 2.58. The predicted molar refractivity (Wildman–Crippen MR) is 108 cm³/mol. The lowest BCUT2D eigenvalue weighted by Gasteiger charge is -2.42. The predicted octanol–water partition coefficient (Wildman–Crippen LogP) is 6.10. The zero-order valence-electron chi connectivity index (χ0n) is 16.4. The summed E-state index contributed by atoms with van der Waals surface area (Å²) in [6.07, 6.45) is 2.37. The van der Waals surface area contributed by atoms with E-state index in [0.29, 0.717) is 5.56 Å². The molecule has 0 saturated carbocycles. The highest BCUT2D eigenvalue weighted by molar-refractivity contribution is 5.89. The molecular weight excluding hydrogens is 326 g/mol. The third kappa shape index (κ3) is 3.09. The number of hydrogen-bond donors (Lipinski definition) is 1. The van der Waals surface area contributed by atoms with Crippen LogP contribution in [0.25, 0.3) is 5.57 Å². The molecular formula is C24H28O2. The molecule has 0 atom stereocenters. The van der Waals surface area contributed by atoms with Crippen molar-refractivity contribution in [3.63, 3.8) is 0 Å². The summed E-state index contributed by atoms with van der Waals surface area (Å²) < 4.78 is 0. The second-order valence-electron chi connectivity index (χ2n) is 8.84. The molecule has 1 aliphatic carbocycles. The summed E-state index contributed by atoms with van der Waals surface area (Å²) in [5.74, 6) is -0.906. The molecule has 0 amide bonds. The van der Waals surface area contributed by atoms with E-state index in [4.69, 9.17) is 5.11 Å². The van der Waals surface area contributed by atoms with Crippen molar-refractivity contribution in [2.45, 2.75) is 58.3 Å². The Morgan fingerprint density at radius 2 is 1.38 bits per heavy atom. The van der Waals surface area contributed by atoms with Gasteiger partial charge in [-0.2, -0.15) is 0 Å². The van der Waals surface area contributed by atoms with Gasteiger partial charge in [-0.25, -0.2) is 4.79 Å². The highest BCUT2D eigenvalue weighted by Crippen LogP contribution is 2.47. The first-order valence-corrected chi connectivity index (χ1v) is 9.21. The van der Waals surface area contributed by atoms with E-state index in [9.17, 15) is 4.79 Å². The zero-order valence-corrected chi connectivity index (χ0v) is 16.4. The van der Waals surface area contributed by atoms with Gasteiger partial charge < -0.3 is 5.11 Å². The van der Waals surface area contributed by atoms with E-state index >= 15 is 0 Å². The van der Waals surface area contributed by atoms with Crippen LogP contribution in [0.2, 0.25) is 0 Å². The molecule has 2 nitrogen and oxygen atoms in total. The average molecular weight is 354 g/mol. The zero-order chi connectivity index (χ0) is 19.3. The number of hydrogen-bond acceptors (Lipinski definition) is 1. The molecule has 2 aromatic carbocycles. The van der Waals surface area contributed by atoms with Gasteiger partial charge in [0, 0.05) is 0 Å². The molecule has 0 fully saturated rings. The molecule has 2 aromatic rings. The summed E-state index contributed by atoms with van der Waals surface area (Å²) in [7, 11) is 0. The van der Waals surface area contributed by atoms with Crippen molar-refractivity contribution in [3.8, 4) is 0 Å². The molecule has 0 saturated heterocycles. The van der Waals surface area contributed by atoms with Crippen LogP contribution in [-0.2, 0) is 10.8 Å². The second kappa shape index (κ2) is 6.12. The maximum atomic E-state index is 11.1. The van der Waals surface area contributed by atoms with Crippen molar-refractivity contribution in [3.05, 3.63) is 76.4 Å². The number of aryl methyl sites for hydroxylation is 1. The monoisotopic (exact) mass is 354 g/mol. The maximum absolute atomic E-state index is 11.1. The number of carboxylic acid groups (broad SMARTS) is 1. The minimum Gasteiger partial charge on any atom is -0.478 e. The van der Waals surface area contributed by atoms with Gasteiger partial charge in [-0.1, -0.05) is 58.5 Å². The number of benzene rings is 2. The molecule has 2 heteroatoms. The molecule has 1 N–H and O–H groups in total. The van der Waals surface area contributed by atoms with Crippen LogP contribution < -0.4 is 0 Å². The molecule has 3 rings (SSSR count). The van der Waals surface area contributed by atoms with Crippen molar-refractivity contribution in [1.29, 1.82) is 0 Å². The van der Waals surface area contributed by atoms with Gasteiger partial charge in [0.2, 0.25) is 0 Å². The van der Waals surface area contributed by atoms with Gasteiger partial charge in [-0.3, -0.25) is 0 Å². The molecule has 0 radical (unpaired) electrons. The number of carbonyl (C=O) groups is 1. The Morgan fingerprint density at radius 1 is 0.923 bits per heavy atom. The van der Waals surface area contributed by atoms with Crippen molar-refractivity contribution in [1.82, 2.24) is 0 Å². The van der Waals surface area contributed by atoms with E-state index in [-0.39, 0.29) is 10.8 Å². The summed E-state index contributed by atoms with van der Waals surface area (Å²) in [6, 6.07) is 11.6. The van der Waals surface area contributed by atoms with E-state index < -0.39 is 5.97 Å². The molecule has 0 aromatic heterocycles. The minimum absolute atomic E-state index is 0.154. The molecule has 0 aliphatic heterocycles. The Kier molecular flexibility index (Phi) is 4.34. The SMILES string of the molecule is C=C(c1cc2c(cc1C)C(C)(C)CCC2(C)C)[13c]1[13cH][13cH][13c](C(=O)O)[13cH][13cH]1. The summed E-state index contributed by atoms with van der Waals surface area (Å²) >= 11 is 0. The summed E-state index contributed by atoms with van der Waals surface area (Å²) in [5, 5.41) is 9.09. The third-order valence-corrected chi connectivity index (χ3v) is 6.00. The van der Waals surface area contributed by atoms with E-state index in [1.807, 2.05) is 12.1 Å². The van der Waals surface area contributed by atoms with Gasteiger partial charge in [-0.05, 0) is 76.1 Å². The quantitative estimate of drug-likeness (QED) is 0.723. The fourth-order valence-electron chi connectivity index (χ4n) is 4.02. The fraction of sp³-hybridized carbons (Fsp3) is 0.375. The molecule has 0 bridgehead atoms. The standard InChI is InChI=1S/C24H28O2/c1-15-13-20-21(24(5,6)12-11-23(20,3)4)14-19(15)16(2)17-7-9-18(10-8-17)22(25)26/h7-10,13-14H,2,11-12H2,1,3-6H3,(H,25,26)/i7+1,8+1,9+1,10+1,17+1,18+1. The van der Waals surface area contributed by atoms with Crippen LogP contribution >= 0.6 is 0 Å². The maximum Gasteiger partial charge on any atom is 0.335 e. The molecule has 0 unspecified atom stereocenters. The van der Waals surface area contributed by atoms with Gasteiger partial charge in [-0.15, -0.1) is 0 Å². The van der Waals surface area contributed by atoms with Crippen LogP contribution in [0.3, 0.4) is 0 Å². The van der Waals surface area contributed by atoms with Gasteiger partial charge in [0.15, 0.2) is 0 Å². The van der Waals surface area contributed by atoms with Gasteiger partial charge in [0.25, 0.3) is 0 Å². The van der Waals surface area contributed by atoms with Crippen molar-refractivity contribution < 1.29 is 9.90 Å². The lowest BCUT2D eigenvalue weighted by Crippen LogP contribution is -2.34. The molecule has 0 spiro atoms. The number of fused-ring (bicyclic) bond motifs is 1. The van der Waals surface area contributed by atoms with Crippen molar-refractivity contribution in [2.75, 3.05) is 0 Å². The van der Waals surface area contributed by atoms with Crippen molar-refractivity contribution in [2.24, 2.45) is 0 Å².